The van der Waals surface area contributed by atoms with Gasteiger partial charge in [0.2, 0.25) is 0 Å². The summed E-state index contributed by atoms with van der Waals surface area (Å²) >= 11 is 0. The third kappa shape index (κ3) is 7.76. The van der Waals surface area contributed by atoms with Crippen molar-refractivity contribution in [2.24, 2.45) is 5.41 Å². The van der Waals surface area contributed by atoms with Gasteiger partial charge in [-0.15, -0.1) is 0 Å². The monoisotopic (exact) mass is 554 g/mol. The zero-order valence-corrected chi connectivity index (χ0v) is 25.2. The van der Waals surface area contributed by atoms with Gasteiger partial charge in [-0.1, -0.05) is 133 Å². The van der Waals surface area contributed by atoms with E-state index in [0.717, 1.165) is 36.8 Å². The van der Waals surface area contributed by atoms with Crippen LogP contribution in [0.15, 0.2) is 78.9 Å². The van der Waals surface area contributed by atoms with Crippen LogP contribution in [0.3, 0.4) is 0 Å². The number of benzene rings is 3. The van der Waals surface area contributed by atoms with Crippen LogP contribution in [-0.4, -0.2) is 31.5 Å². The second-order valence-electron chi connectivity index (χ2n) is 11.4. The van der Waals surface area contributed by atoms with Crippen molar-refractivity contribution >= 4 is 8.60 Å². The van der Waals surface area contributed by atoms with Crippen molar-refractivity contribution in [1.82, 2.24) is 0 Å². The third-order valence-corrected chi connectivity index (χ3v) is 8.31. The van der Waals surface area contributed by atoms with E-state index < -0.39 is 20.1 Å². The molecule has 3 rings (SSSR count). The molecule has 2 unspecified atom stereocenters. The molecule has 0 spiro atoms. The molecule has 0 aliphatic rings. The molecule has 0 saturated carbocycles. The molecule has 2 atom stereocenters. The molecule has 5 nitrogen and oxygen atoms in total. The van der Waals surface area contributed by atoms with Gasteiger partial charge in [0, 0.05) is 16.2 Å². The Hall–Kier alpha value is -2.11. The molecule has 39 heavy (non-hydrogen) atoms. The second kappa shape index (κ2) is 14.5. The Kier molecular flexibility index (Phi) is 12.3. The van der Waals surface area contributed by atoms with Crippen LogP contribution in [0.1, 0.15) is 101 Å². The highest BCUT2D eigenvalue weighted by Crippen LogP contribution is 2.49. The largest absolute Gasteiger partial charge is 0.396 e. The zero-order valence-electron chi connectivity index (χ0n) is 24.3. The fourth-order valence-corrected chi connectivity index (χ4v) is 5.67. The van der Waals surface area contributed by atoms with Gasteiger partial charge >= 0.3 is 8.60 Å². The SMILES string of the molecule is CCCCC(CC)(CO)C(O)c1cccc(C(C)(C)c2ccccc2)c1C(C)(C)c1ccccc1.OP(O)O. The average molecular weight is 555 g/mol. The van der Waals surface area contributed by atoms with E-state index in [-0.39, 0.29) is 17.4 Å². The van der Waals surface area contributed by atoms with E-state index in [1.807, 2.05) is 6.07 Å². The molecule has 3 aromatic carbocycles. The summed E-state index contributed by atoms with van der Waals surface area (Å²) in [4.78, 5) is 21.7. The third-order valence-electron chi connectivity index (χ3n) is 8.31. The van der Waals surface area contributed by atoms with E-state index in [0.29, 0.717) is 0 Å². The molecule has 0 aromatic heterocycles. The van der Waals surface area contributed by atoms with Gasteiger partial charge in [0.15, 0.2) is 0 Å². The van der Waals surface area contributed by atoms with Crippen LogP contribution in [0.5, 0.6) is 0 Å². The van der Waals surface area contributed by atoms with Gasteiger partial charge in [-0.05, 0) is 40.7 Å². The molecule has 0 aliphatic carbocycles. The molecular weight excluding hydrogens is 507 g/mol. The first-order valence-corrected chi connectivity index (χ1v) is 15.0. The molecule has 6 heteroatoms. The fraction of sp³-hybridized carbons (Fsp3) is 0.455. The quantitative estimate of drug-likeness (QED) is 0.162. The van der Waals surface area contributed by atoms with Crippen molar-refractivity contribution in [1.29, 1.82) is 0 Å². The summed E-state index contributed by atoms with van der Waals surface area (Å²) in [5.74, 6) is 0. The van der Waals surface area contributed by atoms with Crippen LogP contribution in [0.4, 0.5) is 0 Å². The highest BCUT2D eigenvalue weighted by molar-refractivity contribution is 7.38. The number of aliphatic hydroxyl groups is 2. The molecule has 0 heterocycles. The smallest absolute Gasteiger partial charge is 0.324 e. The summed E-state index contributed by atoms with van der Waals surface area (Å²) in [6.07, 6.45) is 2.79. The van der Waals surface area contributed by atoms with Gasteiger partial charge in [0.25, 0.3) is 0 Å². The van der Waals surface area contributed by atoms with Crippen molar-refractivity contribution in [2.75, 3.05) is 6.61 Å². The van der Waals surface area contributed by atoms with Crippen molar-refractivity contribution in [3.8, 4) is 0 Å². The van der Waals surface area contributed by atoms with Gasteiger partial charge in [-0.2, -0.15) is 0 Å². The Morgan fingerprint density at radius 3 is 1.64 bits per heavy atom. The summed E-state index contributed by atoms with van der Waals surface area (Å²) in [5.41, 5.74) is 4.59. The summed E-state index contributed by atoms with van der Waals surface area (Å²) in [7, 11) is -2.62. The maximum atomic E-state index is 12.0. The first kappa shape index (κ1) is 33.1. The molecule has 3 aromatic rings. The van der Waals surface area contributed by atoms with Gasteiger partial charge in [-0.25, -0.2) is 0 Å². The van der Waals surface area contributed by atoms with E-state index in [9.17, 15) is 10.2 Å². The van der Waals surface area contributed by atoms with Gasteiger partial charge in [-0.3, -0.25) is 0 Å². The molecular formula is C33H47O5P. The summed E-state index contributed by atoms with van der Waals surface area (Å²) in [6, 6.07) is 27.6. The van der Waals surface area contributed by atoms with E-state index in [4.69, 9.17) is 14.7 Å². The van der Waals surface area contributed by atoms with Gasteiger partial charge < -0.3 is 24.9 Å². The minimum atomic E-state index is -2.62. The maximum Gasteiger partial charge on any atom is 0.324 e. The number of hydrogen-bond acceptors (Lipinski definition) is 5. The Bertz CT molecular complexity index is 1120. The lowest BCUT2D eigenvalue weighted by Crippen LogP contribution is -2.36. The Balaban J connectivity index is 0.00000124. The molecule has 0 radical (unpaired) electrons. The number of unbranched alkanes of at least 4 members (excludes halogenated alkanes) is 1. The predicted molar refractivity (Wildman–Crippen MR) is 161 cm³/mol. The van der Waals surface area contributed by atoms with Crippen molar-refractivity contribution in [2.45, 2.75) is 84.2 Å². The van der Waals surface area contributed by atoms with E-state index in [1.54, 1.807) is 0 Å². The first-order valence-electron chi connectivity index (χ1n) is 13.8. The maximum absolute atomic E-state index is 12.0. The fourth-order valence-electron chi connectivity index (χ4n) is 5.67. The predicted octanol–water partition coefficient (Wildman–Crippen LogP) is 7.14. The summed E-state index contributed by atoms with van der Waals surface area (Å²) < 4.78 is 0. The minimum absolute atomic E-state index is 0.0256. The summed E-state index contributed by atoms with van der Waals surface area (Å²) in [5, 5.41) is 22.6. The Labute approximate surface area is 236 Å². The molecule has 5 N–H and O–H groups in total. The lowest BCUT2D eigenvalue weighted by atomic mass is 9.64. The van der Waals surface area contributed by atoms with Crippen LogP contribution >= 0.6 is 8.60 Å². The van der Waals surface area contributed by atoms with Crippen LogP contribution < -0.4 is 0 Å². The molecule has 0 aliphatic heterocycles. The molecule has 0 amide bonds. The van der Waals surface area contributed by atoms with Crippen molar-refractivity contribution in [3.05, 3.63) is 107 Å². The topological polar surface area (TPSA) is 101 Å². The second-order valence-corrected chi connectivity index (χ2v) is 11.9. The van der Waals surface area contributed by atoms with Gasteiger partial charge in [0.05, 0.1) is 12.7 Å². The molecule has 214 valence electrons. The van der Waals surface area contributed by atoms with Crippen LogP contribution in [0, 0.1) is 5.41 Å². The van der Waals surface area contributed by atoms with Gasteiger partial charge in [0.1, 0.15) is 0 Å². The number of hydrogen-bond donors (Lipinski definition) is 5. The van der Waals surface area contributed by atoms with Crippen molar-refractivity contribution in [3.63, 3.8) is 0 Å². The highest BCUT2D eigenvalue weighted by atomic mass is 31.2. The lowest BCUT2D eigenvalue weighted by Gasteiger charge is -2.42. The van der Waals surface area contributed by atoms with Crippen LogP contribution in [0.2, 0.25) is 0 Å². The van der Waals surface area contributed by atoms with E-state index in [1.165, 1.54) is 16.7 Å². The average Bonchev–Trinajstić information content (AvgIpc) is 2.94. The van der Waals surface area contributed by atoms with E-state index in [2.05, 4.69) is 114 Å². The minimum Gasteiger partial charge on any atom is -0.396 e. The molecule has 0 fully saturated rings. The molecule has 0 bridgehead atoms. The number of rotatable bonds is 11. The van der Waals surface area contributed by atoms with E-state index >= 15 is 0 Å². The molecule has 0 saturated heterocycles. The highest BCUT2D eigenvalue weighted by Gasteiger charge is 2.42. The first-order chi connectivity index (χ1) is 18.4. The summed E-state index contributed by atoms with van der Waals surface area (Å²) in [6.45, 7) is 13.3. The van der Waals surface area contributed by atoms with Crippen molar-refractivity contribution < 1.29 is 24.9 Å². The van der Waals surface area contributed by atoms with Crippen LogP contribution in [0.25, 0.3) is 0 Å². The zero-order chi connectivity index (χ0) is 29.3. The Morgan fingerprint density at radius 2 is 1.21 bits per heavy atom. The normalized spacial score (nSPS) is 14.4. The standard InChI is InChI=1S/C33H44O2.H3O3P/c1-7-9-23-33(8-2,24-34)30(35)27-21-16-22-28(31(3,4)25-17-12-10-13-18-25)29(27)32(5,6)26-19-14-11-15-20-26;1-4(2)3/h10-22,30,34-35H,7-9,23-24H2,1-6H3;1-3H. The number of aliphatic hydroxyl groups excluding tert-OH is 2. The van der Waals surface area contributed by atoms with Crippen LogP contribution in [-0.2, 0) is 10.8 Å². The lowest BCUT2D eigenvalue weighted by molar-refractivity contribution is -0.0311. The Morgan fingerprint density at radius 1 is 0.718 bits per heavy atom.